The van der Waals surface area contributed by atoms with Crippen molar-refractivity contribution < 1.29 is 9.47 Å². The van der Waals surface area contributed by atoms with Gasteiger partial charge in [-0.05, 0) is 61.2 Å². The van der Waals surface area contributed by atoms with Crippen LogP contribution < -0.4 is 15.2 Å². The molecule has 0 saturated heterocycles. The topological polar surface area (TPSA) is 44.5 Å². The van der Waals surface area contributed by atoms with E-state index in [-0.39, 0.29) is 0 Å². The molecule has 0 atom stereocenters. The molecule has 2 aromatic carbocycles. The Labute approximate surface area is 120 Å². The summed E-state index contributed by atoms with van der Waals surface area (Å²) in [6, 6.07) is 9.94. The molecule has 0 unspecified atom stereocenters. The highest BCUT2D eigenvalue weighted by molar-refractivity contribution is 5.54. The Morgan fingerprint density at radius 1 is 1.00 bits per heavy atom. The monoisotopic (exact) mass is 271 g/mol. The van der Waals surface area contributed by atoms with Crippen molar-refractivity contribution in [1.82, 2.24) is 0 Å². The van der Waals surface area contributed by atoms with Gasteiger partial charge in [-0.1, -0.05) is 12.1 Å². The van der Waals surface area contributed by atoms with Crippen LogP contribution in [0.25, 0.3) is 0 Å². The standard InChI is InChI=1S/C17H21NO2/c1-11-7-12(2)13(3)17(8-11)20-10-14-5-6-16(19-4)15(18)9-14/h5-9H,10,18H2,1-4H3. The first kappa shape index (κ1) is 14.3. The predicted molar refractivity (Wildman–Crippen MR) is 82.4 cm³/mol. The van der Waals surface area contributed by atoms with E-state index < -0.39 is 0 Å². The molecule has 2 rings (SSSR count). The third-order valence-electron chi connectivity index (χ3n) is 3.45. The van der Waals surface area contributed by atoms with Gasteiger partial charge in [0.25, 0.3) is 0 Å². The summed E-state index contributed by atoms with van der Waals surface area (Å²) in [4.78, 5) is 0. The molecule has 0 heterocycles. The summed E-state index contributed by atoms with van der Waals surface area (Å²) in [5.74, 6) is 1.62. The summed E-state index contributed by atoms with van der Waals surface area (Å²) in [7, 11) is 1.61. The van der Waals surface area contributed by atoms with E-state index in [4.69, 9.17) is 15.2 Å². The summed E-state index contributed by atoms with van der Waals surface area (Å²) in [5, 5.41) is 0. The molecule has 0 fully saturated rings. The smallest absolute Gasteiger partial charge is 0.141 e. The maximum atomic E-state index is 5.92. The van der Waals surface area contributed by atoms with Gasteiger partial charge in [0.1, 0.15) is 18.1 Å². The van der Waals surface area contributed by atoms with Crippen molar-refractivity contribution in [3.63, 3.8) is 0 Å². The lowest BCUT2D eigenvalue weighted by Crippen LogP contribution is -2.00. The van der Waals surface area contributed by atoms with Crippen molar-refractivity contribution in [3.05, 3.63) is 52.6 Å². The van der Waals surface area contributed by atoms with Gasteiger partial charge >= 0.3 is 0 Å². The molecule has 106 valence electrons. The van der Waals surface area contributed by atoms with Crippen LogP contribution in [0.2, 0.25) is 0 Å². The number of hydrogen-bond donors (Lipinski definition) is 1. The number of benzene rings is 2. The quantitative estimate of drug-likeness (QED) is 0.861. The molecule has 2 N–H and O–H groups in total. The van der Waals surface area contributed by atoms with Crippen LogP contribution in [0, 0.1) is 20.8 Å². The normalized spacial score (nSPS) is 10.4. The predicted octanol–water partition coefficient (Wildman–Crippen LogP) is 3.78. The zero-order valence-electron chi connectivity index (χ0n) is 12.5. The molecule has 0 bridgehead atoms. The Kier molecular flexibility index (Phi) is 4.18. The molecule has 20 heavy (non-hydrogen) atoms. The van der Waals surface area contributed by atoms with Gasteiger partial charge in [0, 0.05) is 0 Å². The molecule has 0 amide bonds. The van der Waals surface area contributed by atoms with Crippen LogP contribution in [0.3, 0.4) is 0 Å². The number of methoxy groups -OCH3 is 1. The molecule has 3 heteroatoms. The number of ether oxygens (including phenoxy) is 2. The fourth-order valence-corrected chi connectivity index (χ4v) is 2.19. The molecule has 0 aromatic heterocycles. The zero-order valence-corrected chi connectivity index (χ0v) is 12.5. The minimum absolute atomic E-state index is 0.498. The van der Waals surface area contributed by atoms with Crippen LogP contribution in [0.4, 0.5) is 5.69 Å². The fraction of sp³-hybridized carbons (Fsp3) is 0.294. The highest BCUT2D eigenvalue weighted by Crippen LogP contribution is 2.26. The Balaban J connectivity index is 2.15. The summed E-state index contributed by atoms with van der Waals surface area (Å²) in [6.07, 6.45) is 0. The summed E-state index contributed by atoms with van der Waals surface area (Å²) < 4.78 is 11.1. The lowest BCUT2D eigenvalue weighted by molar-refractivity contribution is 0.303. The van der Waals surface area contributed by atoms with E-state index in [1.54, 1.807) is 7.11 Å². The van der Waals surface area contributed by atoms with Gasteiger partial charge in [-0.3, -0.25) is 0 Å². The summed E-state index contributed by atoms with van der Waals surface area (Å²) in [5.41, 5.74) is 11.2. The second-order valence-electron chi connectivity index (χ2n) is 5.07. The van der Waals surface area contributed by atoms with Crippen molar-refractivity contribution in [2.75, 3.05) is 12.8 Å². The lowest BCUT2D eigenvalue weighted by Gasteiger charge is -2.13. The number of anilines is 1. The molecule has 0 spiro atoms. The van der Waals surface area contributed by atoms with Crippen molar-refractivity contribution in [2.45, 2.75) is 27.4 Å². The third kappa shape index (κ3) is 3.05. The summed E-state index contributed by atoms with van der Waals surface area (Å²) in [6.45, 7) is 6.75. The molecule has 0 saturated carbocycles. The highest BCUT2D eigenvalue weighted by Gasteiger charge is 2.06. The van der Waals surface area contributed by atoms with Crippen LogP contribution in [-0.4, -0.2) is 7.11 Å². The molecule has 3 nitrogen and oxygen atoms in total. The Bertz CT molecular complexity index is 621. The SMILES string of the molecule is COc1ccc(COc2cc(C)cc(C)c2C)cc1N. The van der Waals surface area contributed by atoms with Gasteiger partial charge in [-0.2, -0.15) is 0 Å². The van der Waals surface area contributed by atoms with Gasteiger partial charge in [0.2, 0.25) is 0 Å². The zero-order chi connectivity index (χ0) is 14.7. The van der Waals surface area contributed by atoms with Crippen LogP contribution in [0.15, 0.2) is 30.3 Å². The van der Waals surface area contributed by atoms with Gasteiger partial charge in [-0.15, -0.1) is 0 Å². The third-order valence-corrected chi connectivity index (χ3v) is 3.45. The summed E-state index contributed by atoms with van der Waals surface area (Å²) >= 11 is 0. The van der Waals surface area contributed by atoms with Gasteiger partial charge in [-0.25, -0.2) is 0 Å². The van der Waals surface area contributed by atoms with E-state index in [2.05, 4.69) is 32.9 Å². The van der Waals surface area contributed by atoms with Crippen molar-refractivity contribution in [3.8, 4) is 11.5 Å². The maximum Gasteiger partial charge on any atom is 0.141 e. The Hall–Kier alpha value is -2.16. The first-order valence-corrected chi connectivity index (χ1v) is 6.64. The first-order valence-electron chi connectivity index (χ1n) is 6.64. The molecule has 0 aliphatic carbocycles. The molecule has 0 aliphatic rings. The molecular formula is C17H21NO2. The van der Waals surface area contributed by atoms with Crippen LogP contribution in [0.5, 0.6) is 11.5 Å². The van der Waals surface area contributed by atoms with Crippen LogP contribution in [0.1, 0.15) is 22.3 Å². The second-order valence-corrected chi connectivity index (χ2v) is 5.07. The number of hydrogen-bond acceptors (Lipinski definition) is 3. The van der Waals surface area contributed by atoms with Crippen molar-refractivity contribution in [2.24, 2.45) is 0 Å². The van der Waals surface area contributed by atoms with Crippen molar-refractivity contribution >= 4 is 5.69 Å². The van der Waals surface area contributed by atoms with Gasteiger partial charge in [0.05, 0.1) is 12.8 Å². The highest BCUT2D eigenvalue weighted by atomic mass is 16.5. The van der Waals surface area contributed by atoms with E-state index in [0.717, 1.165) is 11.3 Å². The average molecular weight is 271 g/mol. The van der Waals surface area contributed by atoms with Gasteiger partial charge in [0.15, 0.2) is 0 Å². The maximum absolute atomic E-state index is 5.92. The molecular weight excluding hydrogens is 250 g/mol. The number of rotatable bonds is 4. The van der Waals surface area contributed by atoms with E-state index in [0.29, 0.717) is 18.0 Å². The average Bonchev–Trinajstić information content (AvgIpc) is 2.41. The largest absolute Gasteiger partial charge is 0.495 e. The van der Waals surface area contributed by atoms with E-state index in [1.165, 1.54) is 16.7 Å². The molecule has 0 radical (unpaired) electrons. The Morgan fingerprint density at radius 2 is 1.75 bits per heavy atom. The second kappa shape index (κ2) is 5.87. The van der Waals surface area contributed by atoms with E-state index in [9.17, 15) is 0 Å². The van der Waals surface area contributed by atoms with Crippen molar-refractivity contribution in [1.29, 1.82) is 0 Å². The van der Waals surface area contributed by atoms with Crippen LogP contribution >= 0.6 is 0 Å². The van der Waals surface area contributed by atoms with E-state index >= 15 is 0 Å². The number of aryl methyl sites for hydroxylation is 2. The molecule has 0 aliphatic heterocycles. The fourth-order valence-electron chi connectivity index (χ4n) is 2.19. The lowest BCUT2D eigenvalue weighted by atomic mass is 10.1. The van der Waals surface area contributed by atoms with Gasteiger partial charge < -0.3 is 15.2 Å². The van der Waals surface area contributed by atoms with Crippen LogP contribution in [-0.2, 0) is 6.61 Å². The number of nitrogens with two attached hydrogens (primary N) is 1. The number of nitrogen functional groups attached to an aromatic ring is 1. The first-order chi connectivity index (χ1) is 9.51. The molecule has 2 aromatic rings. The minimum atomic E-state index is 0.498. The van der Waals surface area contributed by atoms with E-state index in [1.807, 2.05) is 18.2 Å². The minimum Gasteiger partial charge on any atom is -0.495 e. The Morgan fingerprint density at radius 3 is 2.40 bits per heavy atom.